The SMILES string of the molecule is Cc1cccc(C(=O)NCC(=O)N2CCCC(O)C2)c1. The number of piperidine rings is 1. The number of aliphatic hydroxyl groups excluding tert-OH is 1. The standard InChI is InChI=1S/C15H20N2O3/c1-11-4-2-5-12(8-11)15(20)16-9-14(19)17-7-3-6-13(18)10-17/h2,4-5,8,13,18H,3,6-7,9-10H2,1H3,(H,16,20). The van der Waals surface area contributed by atoms with Crippen molar-refractivity contribution in [1.82, 2.24) is 10.2 Å². The quantitative estimate of drug-likeness (QED) is 0.854. The third kappa shape index (κ3) is 3.81. The van der Waals surface area contributed by atoms with E-state index in [2.05, 4.69) is 5.32 Å². The fourth-order valence-corrected chi connectivity index (χ4v) is 2.34. The Hall–Kier alpha value is -1.88. The second-order valence-corrected chi connectivity index (χ2v) is 5.19. The number of nitrogens with one attached hydrogen (secondary N) is 1. The predicted octanol–water partition coefficient (Wildman–Crippen LogP) is 0.708. The lowest BCUT2D eigenvalue weighted by Gasteiger charge is -2.30. The molecule has 1 saturated heterocycles. The van der Waals surface area contributed by atoms with Crippen LogP contribution in [0.3, 0.4) is 0 Å². The Bertz CT molecular complexity index is 502. The maximum absolute atomic E-state index is 11.9. The van der Waals surface area contributed by atoms with Crippen LogP contribution in [0.2, 0.25) is 0 Å². The van der Waals surface area contributed by atoms with Crippen LogP contribution in [0.1, 0.15) is 28.8 Å². The summed E-state index contributed by atoms with van der Waals surface area (Å²) >= 11 is 0. The average molecular weight is 276 g/mol. The average Bonchev–Trinajstić information content (AvgIpc) is 2.44. The van der Waals surface area contributed by atoms with E-state index in [-0.39, 0.29) is 18.4 Å². The van der Waals surface area contributed by atoms with Gasteiger partial charge in [0, 0.05) is 18.7 Å². The Morgan fingerprint density at radius 2 is 2.25 bits per heavy atom. The van der Waals surface area contributed by atoms with Gasteiger partial charge in [0.1, 0.15) is 0 Å². The highest BCUT2D eigenvalue weighted by Gasteiger charge is 2.22. The summed E-state index contributed by atoms with van der Waals surface area (Å²) < 4.78 is 0. The molecule has 1 aliphatic rings. The summed E-state index contributed by atoms with van der Waals surface area (Å²) in [6, 6.07) is 7.23. The van der Waals surface area contributed by atoms with Gasteiger partial charge in [0.05, 0.1) is 12.6 Å². The molecule has 0 radical (unpaired) electrons. The van der Waals surface area contributed by atoms with Crippen LogP contribution in [0.15, 0.2) is 24.3 Å². The minimum absolute atomic E-state index is 0.0283. The summed E-state index contributed by atoms with van der Waals surface area (Å²) in [5, 5.41) is 12.2. The first-order chi connectivity index (χ1) is 9.56. The highest BCUT2D eigenvalue weighted by molar-refractivity contribution is 5.96. The molecule has 108 valence electrons. The first kappa shape index (κ1) is 14.5. The van der Waals surface area contributed by atoms with Crippen molar-refractivity contribution in [3.63, 3.8) is 0 Å². The molecule has 2 rings (SSSR count). The summed E-state index contributed by atoms with van der Waals surface area (Å²) in [7, 11) is 0. The lowest BCUT2D eigenvalue weighted by molar-refractivity contribution is -0.133. The predicted molar refractivity (Wildman–Crippen MR) is 75.3 cm³/mol. The minimum Gasteiger partial charge on any atom is -0.391 e. The van der Waals surface area contributed by atoms with Crippen molar-refractivity contribution in [3.8, 4) is 0 Å². The van der Waals surface area contributed by atoms with E-state index in [1.54, 1.807) is 17.0 Å². The van der Waals surface area contributed by atoms with Crippen LogP contribution in [0, 0.1) is 6.92 Å². The summed E-state index contributed by atoms with van der Waals surface area (Å²) in [5.41, 5.74) is 1.56. The van der Waals surface area contributed by atoms with Crippen molar-refractivity contribution in [3.05, 3.63) is 35.4 Å². The van der Waals surface area contributed by atoms with Gasteiger partial charge in [0.2, 0.25) is 5.91 Å². The highest BCUT2D eigenvalue weighted by atomic mass is 16.3. The molecule has 2 amide bonds. The van der Waals surface area contributed by atoms with E-state index in [0.29, 0.717) is 18.7 Å². The van der Waals surface area contributed by atoms with Crippen LogP contribution >= 0.6 is 0 Å². The molecule has 0 spiro atoms. The van der Waals surface area contributed by atoms with Crippen LogP contribution < -0.4 is 5.32 Å². The van der Waals surface area contributed by atoms with E-state index >= 15 is 0 Å². The molecule has 2 N–H and O–H groups in total. The first-order valence-corrected chi connectivity index (χ1v) is 6.87. The summed E-state index contributed by atoms with van der Waals surface area (Å²) in [5.74, 6) is -0.399. The Morgan fingerprint density at radius 3 is 2.95 bits per heavy atom. The largest absolute Gasteiger partial charge is 0.391 e. The molecule has 20 heavy (non-hydrogen) atoms. The third-order valence-electron chi connectivity index (χ3n) is 3.43. The normalized spacial score (nSPS) is 18.7. The monoisotopic (exact) mass is 276 g/mol. The lowest BCUT2D eigenvalue weighted by Crippen LogP contribution is -2.46. The van der Waals surface area contributed by atoms with Crippen molar-refractivity contribution in [2.75, 3.05) is 19.6 Å². The molecular weight excluding hydrogens is 256 g/mol. The van der Waals surface area contributed by atoms with Crippen LogP contribution in [0.4, 0.5) is 0 Å². The summed E-state index contributed by atoms with van der Waals surface area (Å²) in [4.78, 5) is 25.5. The van der Waals surface area contributed by atoms with E-state index in [1.807, 2.05) is 19.1 Å². The number of hydrogen-bond acceptors (Lipinski definition) is 3. The lowest BCUT2D eigenvalue weighted by atomic mass is 10.1. The molecule has 0 bridgehead atoms. The number of aryl methyl sites for hydroxylation is 1. The Kier molecular flexibility index (Phi) is 4.74. The smallest absolute Gasteiger partial charge is 0.251 e. The molecule has 1 aromatic carbocycles. The van der Waals surface area contributed by atoms with Gasteiger partial charge >= 0.3 is 0 Å². The third-order valence-corrected chi connectivity index (χ3v) is 3.43. The number of rotatable bonds is 3. The van der Waals surface area contributed by atoms with Gasteiger partial charge in [0.25, 0.3) is 5.91 Å². The van der Waals surface area contributed by atoms with Crippen molar-refractivity contribution in [1.29, 1.82) is 0 Å². The zero-order valence-corrected chi connectivity index (χ0v) is 11.6. The van der Waals surface area contributed by atoms with Crippen molar-refractivity contribution < 1.29 is 14.7 Å². The number of likely N-dealkylation sites (tertiary alicyclic amines) is 1. The maximum Gasteiger partial charge on any atom is 0.251 e. The van der Waals surface area contributed by atoms with Crippen molar-refractivity contribution >= 4 is 11.8 Å². The number of benzene rings is 1. The van der Waals surface area contributed by atoms with Gasteiger partial charge in [-0.25, -0.2) is 0 Å². The van der Waals surface area contributed by atoms with Crippen LogP contribution in [-0.4, -0.2) is 47.6 Å². The van der Waals surface area contributed by atoms with Gasteiger partial charge in [-0.1, -0.05) is 17.7 Å². The highest BCUT2D eigenvalue weighted by Crippen LogP contribution is 2.09. The van der Waals surface area contributed by atoms with Crippen LogP contribution in [0.5, 0.6) is 0 Å². The zero-order valence-electron chi connectivity index (χ0n) is 11.6. The van der Waals surface area contributed by atoms with E-state index in [9.17, 15) is 14.7 Å². The number of nitrogens with zero attached hydrogens (tertiary/aromatic N) is 1. The molecule has 1 heterocycles. The number of aliphatic hydroxyl groups is 1. The van der Waals surface area contributed by atoms with Crippen molar-refractivity contribution in [2.45, 2.75) is 25.9 Å². The van der Waals surface area contributed by atoms with E-state index in [4.69, 9.17) is 0 Å². The number of amides is 2. The molecule has 0 aliphatic carbocycles. The van der Waals surface area contributed by atoms with Gasteiger partial charge < -0.3 is 15.3 Å². The second-order valence-electron chi connectivity index (χ2n) is 5.19. The van der Waals surface area contributed by atoms with Gasteiger partial charge in [0.15, 0.2) is 0 Å². The fourth-order valence-electron chi connectivity index (χ4n) is 2.34. The van der Waals surface area contributed by atoms with Gasteiger partial charge in [-0.2, -0.15) is 0 Å². The number of carbonyl (C=O) groups excluding carboxylic acids is 2. The fraction of sp³-hybridized carbons (Fsp3) is 0.467. The van der Waals surface area contributed by atoms with Gasteiger partial charge in [-0.05, 0) is 31.9 Å². The first-order valence-electron chi connectivity index (χ1n) is 6.87. The minimum atomic E-state index is -0.444. The van der Waals surface area contributed by atoms with E-state index in [1.165, 1.54) is 0 Å². The van der Waals surface area contributed by atoms with E-state index < -0.39 is 6.10 Å². The molecule has 1 unspecified atom stereocenters. The summed E-state index contributed by atoms with van der Waals surface area (Å²) in [6.07, 6.45) is 1.10. The molecule has 5 heteroatoms. The molecule has 0 saturated carbocycles. The molecule has 1 fully saturated rings. The number of carbonyl (C=O) groups is 2. The van der Waals surface area contributed by atoms with Crippen molar-refractivity contribution in [2.24, 2.45) is 0 Å². The van der Waals surface area contributed by atoms with Gasteiger partial charge in [-0.3, -0.25) is 9.59 Å². The zero-order chi connectivity index (χ0) is 14.5. The van der Waals surface area contributed by atoms with E-state index in [0.717, 1.165) is 18.4 Å². The number of β-amino-alcohol motifs (C(OH)–C–C–N with tert-alkyl or cyclic N) is 1. The Morgan fingerprint density at radius 1 is 1.45 bits per heavy atom. The number of hydrogen-bond donors (Lipinski definition) is 2. The second kappa shape index (κ2) is 6.52. The Balaban J connectivity index is 1.85. The van der Waals surface area contributed by atoms with Gasteiger partial charge in [-0.15, -0.1) is 0 Å². The molecule has 0 aromatic heterocycles. The maximum atomic E-state index is 11.9. The molecule has 1 atom stereocenters. The Labute approximate surface area is 118 Å². The molecular formula is C15H20N2O3. The summed E-state index contributed by atoms with van der Waals surface area (Å²) in [6.45, 7) is 2.89. The van der Waals surface area contributed by atoms with Crippen LogP contribution in [0.25, 0.3) is 0 Å². The molecule has 1 aliphatic heterocycles. The molecule has 5 nitrogen and oxygen atoms in total. The topological polar surface area (TPSA) is 69.6 Å². The van der Waals surface area contributed by atoms with Crippen LogP contribution in [-0.2, 0) is 4.79 Å². The molecule has 1 aromatic rings.